The highest BCUT2D eigenvalue weighted by Gasteiger charge is 2.31. The summed E-state index contributed by atoms with van der Waals surface area (Å²) in [6.07, 6.45) is 0. The maximum absolute atomic E-state index is 11.1. The lowest BCUT2D eigenvalue weighted by Crippen LogP contribution is -2.50. The summed E-state index contributed by atoms with van der Waals surface area (Å²) in [5.41, 5.74) is 0.0556. The van der Waals surface area contributed by atoms with Crippen LogP contribution in [0.2, 0.25) is 0 Å². The van der Waals surface area contributed by atoms with E-state index in [9.17, 15) is 4.79 Å². The molecule has 1 aliphatic rings. The molecule has 0 saturated carbocycles. The highest BCUT2D eigenvalue weighted by atomic mass is 32.2. The van der Waals surface area contributed by atoms with E-state index in [0.29, 0.717) is 5.75 Å². The molecular weight excluding hydrogens is 146 g/mol. The summed E-state index contributed by atoms with van der Waals surface area (Å²) < 4.78 is 0. The Hall–Kier alpha value is -0.180. The zero-order valence-electron chi connectivity index (χ0n) is 6.68. The normalized spacial score (nSPS) is 25.1. The lowest BCUT2D eigenvalue weighted by molar-refractivity contribution is -0.131. The van der Waals surface area contributed by atoms with Crippen molar-refractivity contribution < 1.29 is 4.79 Å². The lowest BCUT2D eigenvalue weighted by atomic mass is 10.1. The summed E-state index contributed by atoms with van der Waals surface area (Å²) in [5, 5.41) is 0. The van der Waals surface area contributed by atoms with Gasteiger partial charge in [0.15, 0.2) is 0 Å². The maximum Gasteiger partial charge on any atom is 0.232 e. The second kappa shape index (κ2) is 2.46. The molecule has 1 rings (SSSR count). The molecule has 0 bridgehead atoms. The first-order valence-corrected chi connectivity index (χ1v) is 4.54. The summed E-state index contributed by atoms with van der Waals surface area (Å²) in [6, 6.07) is 0. The third-order valence-electron chi connectivity index (χ3n) is 1.96. The van der Waals surface area contributed by atoms with Crippen LogP contribution in [0.4, 0.5) is 0 Å². The predicted octanol–water partition coefficient (Wildman–Crippen LogP) is 0.970. The minimum absolute atomic E-state index is 0.0556. The molecule has 1 saturated heterocycles. The molecule has 1 amide bonds. The minimum atomic E-state index is 0.0556. The lowest BCUT2D eigenvalue weighted by Gasteiger charge is -2.39. The third kappa shape index (κ3) is 1.29. The van der Waals surface area contributed by atoms with Crippen molar-refractivity contribution in [2.75, 3.05) is 18.6 Å². The van der Waals surface area contributed by atoms with Gasteiger partial charge in [-0.25, -0.2) is 0 Å². The number of thioether (sulfide) groups is 1. The fourth-order valence-corrected chi connectivity index (χ4v) is 2.08. The quantitative estimate of drug-likeness (QED) is 0.525. The van der Waals surface area contributed by atoms with E-state index in [4.69, 9.17) is 0 Å². The number of carbonyl (C=O) groups is 1. The Morgan fingerprint density at radius 1 is 1.60 bits per heavy atom. The van der Waals surface area contributed by atoms with Gasteiger partial charge in [0.2, 0.25) is 5.91 Å². The van der Waals surface area contributed by atoms with Gasteiger partial charge in [-0.3, -0.25) is 4.79 Å². The molecule has 58 valence electrons. The van der Waals surface area contributed by atoms with Crippen LogP contribution in [-0.4, -0.2) is 34.9 Å². The van der Waals surface area contributed by atoms with E-state index in [1.54, 1.807) is 11.8 Å². The molecule has 3 heteroatoms. The maximum atomic E-state index is 11.1. The van der Waals surface area contributed by atoms with Crippen molar-refractivity contribution in [3.8, 4) is 0 Å². The van der Waals surface area contributed by atoms with Crippen LogP contribution in [0.5, 0.6) is 0 Å². The van der Waals surface area contributed by atoms with E-state index in [-0.39, 0.29) is 11.4 Å². The predicted molar refractivity (Wildman–Crippen MR) is 44.2 cm³/mol. The van der Waals surface area contributed by atoms with Gasteiger partial charge >= 0.3 is 0 Å². The second-order valence-corrected chi connectivity index (χ2v) is 4.24. The van der Waals surface area contributed by atoms with Crippen molar-refractivity contribution >= 4 is 17.7 Å². The summed E-state index contributed by atoms with van der Waals surface area (Å²) in [5.74, 6) is 1.95. The average molecular weight is 159 g/mol. The van der Waals surface area contributed by atoms with Crippen LogP contribution >= 0.6 is 11.8 Å². The van der Waals surface area contributed by atoms with Gasteiger partial charge < -0.3 is 4.90 Å². The molecule has 0 atom stereocenters. The van der Waals surface area contributed by atoms with Crippen molar-refractivity contribution in [1.82, 2.24) is 4.90 Å². The van der Waals surface area contributed by atoms with E-state index in [1.165, 1.54) is 0 Å². The first-order chi connectivity index (χ1) is 4.54. The topological polar surface area (TPSA) is 20.3 Å². The van der Waals surface area contributed by atoms with Gasteiger partial charge in [-0.2, -0.15) is 0 Å². The standard InChI is InChI=1S/C7H13NOS/c1-7(2)5-10-4-6(9)8(7)3/h4-5H2,1-3H3. The molecule has 0 radical (unpaired) electrons. The Morgan fingerprint density at radius 2 is 2.20 bits per heavy atom. The Labute approximate surface area is 66.0 Å². The van der Waals surface area contributed by atoms with Crippen molar-refractivity contribution in [1.29, 1.82) is 0 Å². The first-order valence-electron chi connectivity index (χ1n) is 3.38. The van der Waals surface area contributed by atoms with Crippen LogP contribution in [0.1, 0.15) is 13.8 Å². The van der Waals surface area contributed by atoms with Gasteiger partial charge in [0, 0.05) is 18.3 Å². The molecule has 0 unspecified atom stereocenters. The van der Waals surface area contributed by atoms with E-state index in [0.717, 1.165) is 5.75 Å². The highest BCUT2D eigenvalue weighted by Crippen LogP contribution is 2.24. The van der Waals surface area contributed by atoms with Gasteiger partial charge in [0.25, 0.3) is 0 Å². The third-order valence-corrected chi connectivity index (χ3v) is 3.32. The second-order valence-electron chi connectivity index (χ2n) is 3.26. The number of amides is 1. The highest BCUT2D eigenvalue weighted by molar-refractivity contribution is 8.00. The molecule has 10 heavy (non-hydrogen) atoms. The van der Waals surface area contributed by atoms with Gasteiger partial charge in [-0.05, 0) is 13.8 Å². The number of carbonyl (C=O) groups excluding carboxylic acids is 1. The molecule has 0 aliphatic carbocycles. The van der Waals surface area contributed by atoms with Crippen molar-refractivity contribution in [2.24, 2.45) is 0 Å². The Bertz CT molecular complexity index is 156. The fraction of sp³-hybridized carbons (Fsp3) is 0.857. The van der Waals surface area contributed by atoms with Crippen molar-refractivity contribution in [3.05, 3.63) is 0 Å². The van der Waals surface area contributed by atoms with Crippen LogP contribution < -0.4 is 0 Å². The molecular formula is C7H13NOS. The smallest absolute Gasteiger partial charge is 0.232 e. The zero-order valence-corrected chi connectivity index (χ0v) is 7.49. The SMILES string of the molecule is CN1C(=O)CSCC1(C)C. The van der Waals surface area contributed by atoms with Crippen LogP contribution in [0.25, 0.3) is 0 Å². The fourth-order valence-electron chi connectivity index (χ4n) is 0.919. The van der Waals surface area contributed by atoms with Crippen molar-refractivity contribution in [3.63, 3.8) is 0 Å². The molecule has 1 fully saturated rings. The molecule has 2 nitrogen and oxygen atoms in total. The number of hydrogen-bond donors (Lipinski definition) is 0. The van der Waals surface area contributed by atoms with Crippen LogP contribution in [0.3, 0.4) is 0 Å². The summed E-state index contributed by atoms with van der Waals surface area (Å²) in [7, 11) is 1.88. The molecule has 1 aliphatic heterocycles. The number of rotatable bonds is 0. The molecule has 0 aromatic rings. The Kier molecular flexibility index (Phi) is 1.95. The average Bonchev–Trinajstić information content (AvgIpc) is 1.83. The summed E-state index contributed by atoms with van der Waals surface area (Å²) in [6.45, 7) is 4.19. The molecule has 0 N–H and O–H groups in total. The number of hydrogen-bond acceptors (Lipinski definition) is 2. The molecule has 0 aromatic heterocycles. The largest absolute Gasteiger partial charge is 0.339 e. The van der Waals surface area contributed by atoms with Crippen LogP contribution in [-0.2, 0) is 4.79 Å². The van der Waals surface area contributed by atoms with Gasteiger partial charge in [-0.15, -0.1) is 11.8 Å². The van der Waals surface area contributed by atoms with E-state index < -0.39 is 0 Å². The Balaban J connectivity index is 2.69. The summed E-state index contributed by atoms with van der Waals surface area (Å²) >= 11 is 1.72. The van der Waals surface area contributed by atoms with Crippen LogP contribution in [0.15, 0.2) is 0 Å². The monoisotopic (exact) mass is 159 g/mol. The van der Waals surface area contributed by atoms with Crippen LogP contribution in [0, 0.1) is 0 Å². The zero-order chi connectivity index (χ0) is 7.78. The summed E-state index contributed by atoms with van der Waals surface area (Å²) in [4.78, 5) is 13.0. The van der Waals surface area contributed by atoms with E-state index in [1.807, 2.05) is 11.9 Å². The minimum Gasteiger partial charge on any atom is -0.339 e. The van der Waals surface area contributed by atoms with E-state index in [2.05, 4.69) is 13.8 Å². The molecule has 0 spiro atoms. The number of nitrogens with zero attached hydrogens (tertiary/aromatic N) is 1. The molecule has 1 heterocycles. The Morgan fingerprint density at radius 3 is 2.60 bits per heavy atom. The molecule has 0 aromatic carbocycles. The van der Waals surface area contributed by atoms with Gasteiger partial charge in [0.05, 0.1) is 5.75 Å². The van der Waals surface area contributed by atoms with Gasteiger partial charge in [-0.1, -0.05) is 0 Å². The van der Waals surface area contributed by atoms with Crippen molar-refractivity contribution in [2.45, 2.75) is 19.4 Å². The van der Waals surface area contributed by atoms with Gasteiger partial charge in [0.1, 0.15) is 0 Å². The van der Waals surface area contributed by atoms with E-state index >= 15 is 0 Å². The first kappa shape index (κ1) is 7.92.